The van der Waals surface area contributed by atoms with Crippen LogP contribution in [0.3, 0.4) is 0 Å². The van der Waals surface area contributed by atoms with Crippen molar-refractivity contribution in [3.63, 3.8) is 0 Å². The third-order valence-electron chi connectivity index (χ3n) is 2.62. The number of aliphatic imine (C=N–C) groups is 1. The summed E-state index contributed by atoms with van der Waals surface area (Å²) in [5, 5.41) is 9.80. The SMILES string of the molecule is Cc1cccc(C=NCc2ccccc2)c1O.O=C=O. The van der Waals surface area contributed by atoms with Crippen LogP contribution in [0.25, 0.3) is 0 Å². The van der Waals surface area contributed by atoms with Crippen LogP contribution in [0.4, 0.5) is 0 Å². The summed E-state index contributed by atoms with van der Waals surface area (Å²) < 4.78 is 0. The van der Waals surface area contributed by atoms with Crippen molar-refractivity contribution in [3.05, 3.63) is 65.2 Å². The average molecular weight is 269 g/mol. The first kappa shape index (κ1) is 15.3. The molecule has 0 amide bonds. The lowest BCUT2D eigenvalue weighted by Gasteiger charge is -2.01. The number of phenols is 1. The standard InChI is InChI=1S/C15H15NO.CO2/c1-12-6-5-9-14(15(12)17)11-16-10-13-7-3-2-4-8-13;2-1-3/h2-9,11,17H,10H2,1H3;. The molecule has 0 bridgehead atoms. The summed E-state index contributed by atoms with van der Waals surface area (Å²) in [6.45, 7) is 2.51. The van der Waals surface area contributed by atoms with Gasteiger partial charge in [0.1, 0.15) is 5.75 Å². The topological polar surface area (TPSA) is 66.7 Å². The predicted octanol–water partition coefficient (Wildman–Crippen LogP) is 2.74. The first-order chi connectivity index (χ1) is 9.69. The van der Waals surface area contributed by atoms with Crippen LogP contribution in [0.1, 0.15) is 16.7 Å². The van der Waals surface area contributed by atoms with Crippen LogP contribution in [0, 0.1) is 6.92 Å². The molecular weight excluding hydrogens is 254 g/mol. The molecule has 20 heavy (non-hydrogen) atoms. The molecule has 0 aliphatic carbocycles. The lowest BCUT2D eigenvalue weighted by molar-refractivity contribution is -0.191. The van der Waals surface area contributed by atoms with E-state index in [1.165, 1.54) is 0 Å². The molecule has 4 heteroatoms. The minimum atomic E-state index is 0.250. The van der Waals surface area contributed by atoms with E-state index in [9.17, 15) is 5.11 Å². The third kappa shape index (κ3) is 4.88. The van der Waals surface area contributed by atoms with Crippen molar-refractivity contribution in [1.82, 2.24) is 0 Å². The summed E-state index contributed by atoms with van der Waals surface area (Å²) >= 11 is 0. The second kappa shape index (κ2) is 8.40. The number of carbonyl (C=O) groups excluding carboxylic acids is 2. The average Bonchev–Trinajstić information content (AvgIpc) is 2.45. The van der Waals surface area contributed by atoms with Crippen molar-refractivity contribution in [3.8, 4) is 5.75 Å². The highest BCUT2D eigenvalue weighted by atomic mass is 16.3. The number of benzene rings is 2. The smallest absolute Gasteiger partial charge is 0.373 e. The van der Waals surface area contributed by atoms with Gasteiger partial charge in [-0.25, -0.2) is 0 Å². The highest BCUT2D eigenvalue weighted by molar-refractivity contribution is 5.83. The van der Waals surface area contributed by atoms with E-state index in [1.807, 2.05) is 55.5 Å². The van der Waals surface area contributed by atoms with Crippen molar-refractivity contribution >= 4 is 12.4 Å². The van der Waals surface area contributed by atoms with E-state index >= 15 is 0 Å². The molecule has 4 nitrogen and oxygen atoms in total. The summed E-state index contributed by atoms with van der Waals surface area (Å²) in [4.78, 5) is 20.6. The van der Waals surface area contributed by atoms with Gasteiger partial charge in [0.2, 0.25) is 0 Å². The minimum Gasteiger partial charge on any atom is -0.507 e. The molecule has 0 atom stereocenters. The number of rotatable bonds is 3. The number of hydrogen-bond acceptors (Lipinski definition) is 4. The van der Waals surface area contributed by atoms with Crippen molar-refractivity contribution in [1.29, 1.82) is 0 Å². The summed E-state index contributed by atoms with van der Waals surface area (Å²) in [6, 6.07) is 15.7. The van der Waals surface area contributed by atoms with Crippen molar-refractivity contribution < 1.29 is 14.7 Å². The fourth-order valence-electron chi connectivity index (χ4n) is 1.62. The van der Waals surface area contributed by atoms with E-state index in [4.69, 9.17) is 9.59 Å². The molecule has 0 saturated carbocycles. The monoisotopic (exact) mass is 269 g/mol. The molecule has 2 aromatic carbocycles. The molecule has 0 unspecified atom stereocenters. The molecule has 1 N–H and O–H groups in total. The molecule has 102 valence electrons. The zero-order valence-corrected chi connectivity index (χ0v) is 11.1. The number of nitrogens with zero attached hydrogens (tertiary/aromatic N) is 1. The van der Waals surface area contributed by atoms with Gasteiger partial charge in [0.25, 0.3) is 0 Å². The molecule has 2 aromatic rings. The molecule has 0 spiro atoms. The van der Waals surface area contributed by atoms with E-state index in [-0.39, 0.29) is 6.15 Å². The summed E-state index contributed by atoms with van der Waals surface area (Å²) in [7, 11) is 0. The Morgan fingerprint density at radius 1 is 1.10 bits per heavy atom. The first-order valence-electron chi connectivity index (χ1n) is 6.00. The fraction of sp³-hybridized carbons (Fsp3) is 0.125. The highest BCUT2D eigenvalue weighted by Gasteiger charge is 1.99. The zero-order chi connectivity index (χ0) is 14.8. The predicted molar refractivity (Wildman–Crippen MR) is 75.6 cm³/mol. The Labute approximate surface area is 117 Å². The van der Waals surface area contributed by atoms with E-state index in [1.54, 1.807) is 6.21 Å². The Balaban J connectivity index is 0.000000612. The van der Waals surface area contributed by atoms with Gasteiger partial charge in [0.05, 0.1) is 6.54 Å². The molecule has 0 radical (unpaired) electrons. The van der Waals surface area contributed by atoms with Crippen LogP contribution in [0.5, 0.6) is 5.75 Å². The van der Waals surface area contributed by atoms with E-state index in [0.717, 1.165) is 16.7 Å². The summed E-state index contributed by atoms with van der Waals surface area (Å²) in [5.41, 5.74) is 2.80. The van der Waals surface area contributed by atoms with Gasteiger partial charge in [0, 0.05) is 11.8 Å². The van der Waals surface area contributed by atoms with Gasteiger partial charge >= 0.3 is 6.15 Å². The third-order valence-corrected chi connectivity index (χ3v) is 2.62. The first-order valence-corrected chi connectivity index (χ1v) is 6.00. The van der Waals surface area contributed by atoms with Gasteiger partial charge in [-0.3, -0.25) is 4.99 Å². The van der Waals surface area contributed by atoms with Gasteiger partial charge in [-0.2, -0.15) is 9.59 Å². The Bertz CT molecular complexity index is 600. The van der Waals surface area contributed by atoms with Crippen molar-refractivity contribution in [2.75, 3.05) is 0 Å². The van der Waals surface area contributed by atoms with Crippen LogP contribution >= 0.6 is 0 Å². The summed E-state index contributed by atoms with van der Waals surface area (Å²) in [5.74, 6) is 0.310. The van der Waals surface area contributed by atoms with Gasteiger partial charge < -0.3 is 5.11 Å². The Morgan fingerprint density at radius 2 is 1.75 bits per heavy atom. The van der Waals surface area contributed by atoms with Gasteiger partial charge in [-0.15, -0.1) is 0 Å². The number of aromatic hydroxyl groups is 1. The molecule has 0 aromatic heterocycles. The van der Waals surface area contributed by atoms with Crippen LogP contribution in [0.2, 0.25) is 0 Å². The van der Waals surface area contributed by atoms with E-state index in [0.29, 0.717) is 12.3 Å². The Kier molecular flexibility index (Phi) is 6.45. The lowest BCUT2D eigenvalue weighted by atomic mass is 10.1. The molecular formula is C16H15NO3. The Morgan fingerprint density at radius 3 is 2.40 bits per heavy atom. The second-order valence-corrected chi connectivity index (χ2v) is 4.05. The lowest BCUT2D eigenvalue weighted by Crippen LogP contribution is -1.87. The van der Waals surface area contributed by atoms with Crippen LogP contribution in [-0.4, -0.2) is 17.5 Å². The summed E-state index contributed by atoms with van der Waals surface area (Å²) in [6.07, 6.45) is 1.97. The number of hydrogen-bond donors (Lipinski definition) is 1. The van der Waals surface area contributed by atoms with Gasteiger partial charge in [0.15, 0.2) is 0 Å². The molecule has 0 aliphatic rings. The van der Waals surface area contributed by atoms with Gasteiger partial charge in [-0.05, 0) is 24.1 Å². The molecule has 0 saturated heterocycles. The fourth-order valence-corrected chi connectivity index (χ4v) is 1.62. The van der Waals surface area contributed by atoms with Gasteiger partial charge in [-0.1, -0.05) is 42.5 Å². The number of para-hydroxylation sites is 1. The minimum absolute atomic E-state index is 0.250. The molecule has 0 aliphatic heterocycles. The Hall–Kier alpha value is -2.71. The second-order valence-electron chi connectivity index (χ2n) is 4.05. The maximum absolute atomic E-state index is 9.80. The highest BCUT2D eigenvalue weighted by Crippen LogP contribution is 2.19. The van der Waals surface area contributed by atoms with Crippen molar-refractivity contribution in [2.24, 2.45) is 4.99 Å². The normalized spacial score (nSPS) is 9.65. The van der Waals surface area contributed by atoms with E-state index in [2.05, 4.69) is 4.99 Å². The van der Waals surface area contributed by atoms with Crippen LogP contribution in [-0.2, 0) is 16.1 Å². The maximum atomic E-state index is 9.80. The zero-order valence-electron chi connectivity index (χ0n) is 11.1. The quantitative estimate of drug-likeness (QED) is 0.871. The van der Waals surface area contributed by atoms with Crippen LogP contribution < -0.4 is 0 Å². The van der Waals surface area contributed by atoms with Crippen molar-refractivity contribution in [2.45, 2.75) is 13.5 Å². The molecule has 0 fully saturated rings. The number of phenolic OH excluding ortho intramolecular Hbond substituents is 1. The van der Waals surface area contributed by atoms with Crippen LogP contribution in [0.15, 0.2) is 53.5 Å². The number of aryl methyl sites for hydroxylation is 1. The maximum Gasteiger partial charge on any atom is 0.373 e. The molecule has 2 rings (SSSR count). The largest absolute Gasteiger partial charge is 0.507 e. The molecule has 0 heterocycles. The van der Waals surface area contributed by atoms with E-state index < -0.39 is 0 Å².